The first-order valence-electron chi connectivity index (χ1n) is 6.27. The van der Waals surface area contributed by atoms with E-state index in [1.54, 1.807) is 0 Å². The van der Waals surface area contributed by atoms with Crippen molar-refractivity contribution in [2.45, 2.75) is 56.6 Å². The fourth-order valence-corrected chi connectivity index (χ4v) is 3.08. The van der Waals surface area contributed by atoms with Crippen LogP contribution in [-0.2, 0) is 4.74 Å². The van der Waals surface area contributed by atoms with Crippen molar-refractivity contribution in [1.29, 1.82) is 0 Å². The molecule has 1 aliphatic heterocycles. The van der Waals surface area contributed by atoms with Crippen LogP contribution < -0.4 is 5.32 Å². The maximum Gasteiger partial charge on any atom is 0.0700 e. The summed E-state index contributed by atoms with van der Waals surface area (Å²) in [5, 5.41) is 3.67. The highest BCUT2D eigenvalue weighted by Gasteiger charge is 2.31. The van der Waals surface area contributed by atoms with Crippen molar-refractivity contribution >= 4 is 11.6 Å². The molecule has 1 saturated carbocycles. The van der Waals surface area contributed by atoms with Crippen LogP contribution in [-0.4, -0.2) is 30.7 Å². The fraction of sp³-hybridized carbons (Fsp3) is 1.00. The predicted molar refractivity (Wildman–Crippen MR) is 63.5 cm³/mol. The Kier molecular flexibility index (Phi) is 4.30. The maximum atomic E-state index is 6.12. The lowest BCUT2D eigenvalue weighted by molar-refractivity contribution is 0.0975. The van der Waals surface area contributed by atoms with Crippen molar-refractivity contribution in [3.8, 4) is 0 Å². The Labute approximate surface area is 97.7 Å². The second-order valence-corrected chi connectivity index (χ2v) is 5.26. The Morgan fingerprint density at radius 2 is 2.00 bits per heavy atom. The molecule has 0 aromatic rings. The minimum atomic E-state index is 0.214. The Bertz CT molecular complexity index is 186. The predicted octanol–water partition coefficient (Wildman–Crippen LogP) is 2.70. The van der Waals surface area contributed by atoms with Gasteiger partial charge in [-0.2, -0.15) is 0 Å². The zero-order chi connectivity index (χ0) is 10.6. The molecule has 1 atom stereocenters. The van der Waals surface area contributed by atoms with Crippen LogP contribution in [0.1, 0.15) is 44.9 Å². The largest absolute Gasteiger partial charge is 0.377 e. The van der Waals surface area contributed by atoms with Gasteiger partial charge in [-0.05, 0) is 25.7 Å². The smallest absolute Gasteiger partial charge is 0.0700 e. The van der Waals surface area contributed by atoms with E-state index >= 15 is 0 Å². The van der Waals surface area contributed by atoms with Gasteiger partial charge in [-0.3, -0.25) is 0 Å². The first-order valence-corrected chi connectivity index (χ1v) is 6.81. The van der Waals surface area contributed by atoms with Gasteiger partial charge in [0, 0.05) is 24.6 Å². The lowest BCUT2D eigenvalue weighted by atomic mass is 9.83. The normalized spacial score (nSPS) is 30.6. The minimum absolute atomic E-state index is 0.214. The molecule has 0 bridgehead atoms. The number of rotatable bonds is 4. The SMILES string of the molecule is ClCC1(NCC2CCCO2)CCCCC1. The summed E-state index contributed by atoms with van der Waals surface area (Å²) in [6.07, 6.45) is 9.38. The van der Waals surface area contributed by atoms with E-state index < -0.39 is 0 Å². The molecule has 0 amide bonds. The van der Waals surface area contributed by atoms with Crippen molar-refractivity contribution in [1.82, 2.24) is 5.32 Å². The van der Waals surface area contributed by atoms with Crippen LogP contribution in [0.4, 0.5) is 0 Å². The minimum Gasteiger partial charge on any atom is -0.377 e. The molecular formula is C12H22ClNO. The quantitative estimate of drug-likeness (QED) is 0.752. The Balaban J connectivity index is 1.78. The lowest BCUT2D eigenvalue weighted by Crippen LogP contribution is -2.50. The molecule has 1 unspecified atom stereocenters. The summed E-state index contributed by atoms with van der Waals surface area (Å²) >= 11 is 6.12. The molecule has 2 rings (SSSR count). The van der Waals surface area contributed by atoms with E-state index in [4.69, 9.17) is 16.3 Å². The summed E-state index contributed by atoms with van der Waals surface area (Å²) in [6.45, 7) is 1.94. The summed E-state index contributed by atoms with van der Waals surface area (Å²) in [5.41, 5.74) is 0.214. The molecule has 0 aromatic heterocycles. The molecule has 1 N–H and O–H groups in total. The molecule has 0 aromatic carbocycles. The summed E-state index contributed by atoms with van der Waals surface area (Å²) in [6, 6.07) is 0. The van der Waals surface area contributed by atoms with Crippen LogP contribution in [0, 0.1) is 0 Å². The molecule has 88 valence electrons. The van der Waals surface area contributed by atoms with Crippen LogP contribution in [0.5, 0.6) is 0 Å². The zero-order valence-corrected chi connectivity index (χ0v) is 10.2. The highest BCUT2D eigenvalue weighted by molar-refractivity contribution is 6.18. The molecule has 0 radical (unpaired) electrons. The van der Waals surface area contributed by atoms with Crippen LogP contribution in [0.15, 0.2) is 0 Å². The van der Waals surface area contributed by atoms with Gasteiger partial charge < -0.3 is 10.1 Å². The zero-order valence-electron chi connectivity index (χ0n) is 9.43. The van der Waals surface area contributed by atoms with E-state index in [9.17, 15) is 0 Å². The van der Waals surface area contributed by atoms with Gasteiger partial charge in [0.05, 0.1) is 6.10 Å². The van der Waals surface area contributed by atoms with Crippen LogP contribution >= 0.6 is 11.6 Å². The molecule has 2 fully saturated rings. The third-order valence-electron chi connectivity index (χ3n) is 3.80. The van der Waals surface area contributed by atoms with Gasteiger partial charge in [0.2, 0.25) is 0 Å². The number of halogens is 1. The van der Waals surface area contributed by atoms with Gasteiger partial charge in [-0.1, -0.05) is 19.3 Å². The van der Waals surface area contributed by atoms with Crippen molar-refractivity contribution in [3.05, 3.63) is 0 Å². The third-order valence-corrected chi connectivity index (χ3v) is 4.31. The fourth-order valence-electron chi connectivity index (χ4n) is 2.72. The van der Waals surface area contributed by atoms with Gasteiger partial charge >= 0.3 is 0 Å². The second kappa shape index (κ2) is 5.51. The molecule has 0 spiro atoms. The first-order chi connectivity index (χ1) is 7.35. The number of nitrogens with one attached hydrogen (secondary N) is 1. The molecule has 1 heterocycles. The van der Waals surface area contributed by atoms with E-state index in [2.05, 4.69) is 5.32 Å². The highest BCUT2D eigenvalue weighted by Crippen LogP contribution is 2.29. The molecular weight excluding hydrogens is 210 g/mol. The lowest BCUT2D eigenvalue weighted by Gasteiger charge is -2.37. The van der Waals surface area contributed by atoms with Crippen molar-refractivity contribution < 1.29 is 4.74 Å². The standard InChI is InChI=1S/C12H22ClNO/c13-10-12(6-2-1-3-7-12)14-9-11-5-4-8-15-11/h11,14H,1-10H2. The van der Waals surface area contributed by atoms with Gasteiger partial charge in [0.15, 0.2) is 0 Å². The summed E-state index contributed by atoms with van der Waals surface area (Å²) < 4.78 is 5.63. The Morgan fingerprint density at radius 1 is 1.20 bits per heavy atom. The monoisotopic (exact) mass is 231 g/mol. The Morgan fingerprint density at radius 3 is 2.60 bits per heavy atom. The van der Waals surface area contributed by atoms with Crippen molar-refractivity contribution in [2.24, 2.45) is 0 Å². The van der Waals surface area contributed by atoms with Gasteiger partial charge in [0.25, 0.3) is 0 Å². The third kappa shape index (κ3) is 3.08. The highest BCUT2D eigenvalue weighted by atomic mass is 35.5. The molecule has 3 heteroatoms. The van der Waals surface area contributed by atoms with Gasteiger partial charge in [-0.25, -0.2) is 0 Å². The topological polar surface area (TPSA) is 21.3 Å². The Hall–Kier alpha value is 0.210. The maximum absolute atomic E-state index is 6.12. The van der Waals surface area contributed by atoms with Crippen LogP contribution in [0.3, 0.4) is 0 Å². The number of hydrogen-bond acceptors (Lipinski definition) is 2. The summed E-state index contributed by atoms with van der Waals surface area (Å²) in [5.74, 6) is 0.750. The number of ether oxygens (including phenoxy) is 1. The molecule has 2 nitrogen and oxygen atoms in total. The second-order valence-electron chi connectivity index (χ2n) is 4.99. The molecule has 1 aliphatic carbocycles. The molecule has 15 heavy (non-hydrogen) atoms. The molecule has 2 aliphatic rings. The van der Waals surface area contributed by atoms with E-state index in [0.717, 1.165) is 19.0 Å². The first kappa shape index (κ1) is 11.7. The van der Waals surface area contributed by atoms with E-state index in [1.165, 1.54) is 44.9 Å². The van der Waals surface area contributed by atoms with E-state index in [-0.39, 0.29) is 5.54 Å². The number of hydrogen-bond donors (Lipinski definition) is 1. The van der Waals surface area contributed by atoms with Crippen LogP contribution in [0.2, 0.25) is 0 Å². The average molecular weight is 232 g/mol. The van der Waals surface area contributed by atoms with E-state index in [1.807, 2.05) is 0 Å². The van der Waals surface area contributed by atoms with Crippen molar-refractivity contribution in [3.63, 3.8) is 0 Å². The van der Waals surface area contributed by atoms with Crippen molar-refractivity contribution in [2.75, 3.05) is 19.0 Å². The summed E-state index contributed by atoms with van der Waals surface area (Å²) in [7, 11) is 0. The van der Waals surface area contributed by atoms with Gasteiger partial charge in [0.1, 0.15) is 0 Å². The van der Waals surface area contributed by atoms with Crippen LogP contribution in [0.25, 0.3) is 0 Å². The van der Waals surface area contributed by atoms with E-state index in [0.29, 0.717) is 6.10 Å². The average Bonchev–Trinajstić information content (AvgIpc) is 2.81. The number of alkyl halides is 1. The van der Waals surface area contributed by atoms with Gasteiger partial charge in [-0.15, -0.1) is 11.6 Å². The molecule has 1 saturated heterocycles. The summed E-state index contributed by atoms with van der Waals surface area (Å²) in [4.78, 5) is 0.